The molecule has 0 bridgehead atoms. The Morgan fingerprint density at radius 2 is 1.90 bits per heavy atom. The van der Waals surface area contributed by atoms with Crippen LogP contribution in [0.4, 0.5) is 5.69 Å². The summed E-state index contributed by atoms with van der Waals surface area (Å²) in [4.78, 5) is 22.4. The number of hydrogen-bond donors (Lipinski definition) is 2. The summed E-state index contributed by atoms with van der Waals surface area (Å²) < 4.78 is 2.53. The lowest BCUT2D eigenvalue weighted by atomic mass is 10.2. The quantitative estimate of drug-likeness (QED) is 0.289. The summed E-state index contributed by atoms with van der Waals surface area (Å²) in [6.45, 7) is 0.365. The van der Waals surface area contributed by atoms with Gasteiger partial charge in [0.05, 0.1) is 26.6 Å². The van der Waals surface area contributed by atoms with Gasteiger partial charge < -0.3 is 5.11 Å². The zero-order valence-corrected chi connectivity index (χ0v) is 17.8. The third-order valence-electron chi connectivity index (χ3n) is 3.78. The summed E-state index contributed by atoms with van der Waals surface area (Å²) in [5.74, 6) is -0.412. The molecule has 0 aliphatic heterocycles. The molecule has 9 nitrogen and oxygen atoms in total. The maximum absolute atomic E-state index is 12.2. The monoisotopic (exact) mass is 521 g/mol. The lowest BCUT2D eigenvalue weighted by molar-refractivity contribution is -0.384. The van der Waals surface area contributed by atoms with Crippen LogP contribution in [-0.2, 0) is 6.54 Å². The van der Waals surface area contributed by atoms with Crippen molar-refractivity contribution in [1.29, 1.82) is 0 Å². The Bertz CT molecular complexity index is 1070. The van der Waals surface area contributed by atoms with E-state index in [1.807, 2.05) is 0 Å². The fraction of sp³-hybridized carbons (Fsp3) is 0.0556. The number of phenolic OH excluding ortho intramolecular Hbond substituents is 1. The molecule has 2 aromatic carbocycles. The first-order chi connectivity index (χ1) is 13.8. The fourth-order valence-electron chi connectivity index (χ4n) is 2.36. The molecular weight excluding hydrogens is 510 g/mol. The first-order valence-electron chi connectivity index (χ1n) is 8.11. The lowest BCUT2D eigenvalue weighted by Crippen LogP contribution is -2.18. The van der Waals surface area contributed by atoms with E-state index in [4.69, 9.17) is 0 Å². The van der Waals surface area contributed by atoms with Crippen molar-refractivity contribution in [3.63, 3.8) is 0 Å². The average Bonchev–Trinajstić information content (AvgIpc) is 3.15. The maximum atomic E-state index is 12.2. The highest BCUT2D eigenvalue weighted by Crippen LogP contribution is 2.32. The number of benzene rings is 2. The molecule has 0 saturated carbocycles. The average molecular weight is 523 g/mol. The van der Waals surface area contributed by atoms with Gasteiger partial charge >= 0.3 is 0 Å². The Morgan fingerprint density at radius 1 is 1.24 bits per heavy atom. The highest BCUT2D eigenvalue weighted by molar-refractivity contribution is 9.11. The van der Waals surface area contributed by atoms with Gasteiger partial charge in [0.2, 0.25) is 0 Å². The lowest BCUT2D eigenvalue weighted by Gasteiger charge is -2.02. The first kappa shape index (κ1) is 20.7. The van der Waals surface area contributed by atoms with Gasteiger partial charge in [0.15, 0.2) is 5.69 Å². The number of phenols is 1. The summed E-state index contributed by atoms with van der Waals surface area (Å²) in [7, 11) is 0. The molecule has 1 heterocycles. The Balaban J connectivity index is 1.61. The normalized spacial score (nSPS) is 11.0. The summed E-state index contributed by atoms with van der Waals surface area (Å²) >= 11 is 6.44. The topological polar surface area (TPSA) is 123 Å². The number of amides is 1. The molecule has 0 aliphatic rings. The van der Waals surface area contributed by atoms with Crippen LogP contribution in [0.1, 0.15) is 21.6 Å². The summed E-state index contributed by atoms with van der Waals surface area (Å²) in [6, 6.07) is 10.9. The molecule has 0 unspecified atom stereocenters. The van der Waals surface area contributed by atoms with E-state index >= 15 is 0 Å². The smallest absolute Gasteiger partial charge is 0.291 e. The molecule has 0 saturated heterocycles. The van der Waals surface area contributed by atoms with Crippen LogP contribution in [0, 0.1) is 10.1 Å². The number of hydrazone groups is 1. The predicted octanol–water partition coefficient (Wildman–Crippen LogP) is 3.83. The zero-order chi connectivity index (χ0) is 21.0. The van der Waals surface area contributed by atoms with Crippen LogP contribution < -0.4 is 5.43 Å². The van der Waals surface area contributed by atoms with Gasteiger partial charge in [-0.05, 0) is 61.2 Å². The number of nitrogens with zero attached hydrogens (tertiary/aromatic N) is 4. The van der Waals surface area contributed by atoms with Crippen LogP contribution in [0.15, 0.2) is 62.7 Å². The molecule has 29 heavy (non-hydrogen) atoms. The molecule has 0 radical (unpaired) electrons. The van der Waals surface area contributed by atoms with Crippen LogP contribution in [0.25, 0.3) is 0 Å². The number of nitrogens with one attached hydrogen (secondary N) is 1. The molecule has 148 valence electrons. The fourth-order valence-corrected chi connectivity index (χ4v) is 3.59. The number of aromatic hydroxyl groups is 1. The van der Waals surface area contributed by atoms with Gasteiger partial charge in [0.1, 0.15) is 5.75 Å². The standard InChI is InChI=1S/C18H13Br2N5O4/c19-14-7-12(8-15(20)17(14)26)9-21-22-18(27)16-5-6-24(23-16)10-11-1-3-13(4-2-11)25(28)29/h1-9,26H,10H2,(H,22,27)/b21-9-. The van der Waals surface area contributed by atoms with Crippen molar-refractivity contribution in [1.82, 2.24) is 15.2 Å². The Labute approximate surface area is 181 Å². The number of nitro groups is 1. The van der Waals surface area contributed by atoms with Crippen molar-refractivity contribution in [2.24, 2.45) is 5.10 Å². The van der Waals surface area contributed by atoms with Crippen molar-refractivity contribution >= 4 is 49.7 Å². The molecule has 1 aromatic heterocycles. The molecule has 0 spiro atoms. The van der Waals surface area contributed by atoms with Crippen LogP contribution in [0.3, 0.4) is 0 Å². The van der Waals surface area contributed by atoms with Crippen molar-refractivity contribution in [2.75, 3.05) is 0 Å². The molecule has 11 heteroatoms. The number of rotatable bonds is 6. The maximum Gasteiger partial charge on any atom is 0.291 e. The number of nitro benzene ring substituents is 1. The predicted molar refractivity (Wildman–Crippen MR) is 113 cm³/mol. The van der Waals surface area contributed by atoms with Gasteiger partial charge in [-0.3, -0.25) is 19.6 Å². The molecule has 1 amide bonds. The van der Waals surface area contributed by atoms with Crippen molar-refractivity contribution in [3.05, 3.63) is 84.5 Å². The summed E-state index contributed by atoms with van der Waals surface area (Å²) in [6.07, 6.45) is 3.06. The van der Waals surface area contributed by atoms with Gasteiger partial charge in [-0.1, -0.05) is 12.1 Å². The SMILES string of the molecule is O=C(N/N=C\c1cc(Br)c(O)c(Br)c1)c1ccn(Cc2ccc([N+](=O)[O-])cc2)n1. The molecule has 0 aliphatic carbocycles. The minimum absolute atomic E-state index is 0.0137. The van der Waals surface area contributed by atoms with Gasteiger partial charge in [-0.25, -0.2) is 5.43 Å². The Kier molecular flexibility index (Phi) is 6.39. The second-order valence-corrected chi connectivity index (χ2v) is 7.56. The van der Waals surface area contributed by atoms with Crippen LogP contribution in [0.2, 0.25) is 0 Å². The molecular formula is C18H13Br2N5O4. The largest absolute Gasteiger partial charge is 0.506 e. The van der Waals surface area contributed by atoms with Crippen LogP contribution >= 0.6 is 31.9 Å². The third-order valence-corrected chi connectivity index (χ3v) is 4.99. The van der Waals surface area contributed by atoms with Crippen LogP contribution in [0.5, 0.6) is 5.75 Å². The van der Waals surface area contributed by atoms with E-state index in [9.17, 15) is 20.0 Å². The highest BCUT2D eigenvalue weighted by atomic mass is 79.9. The second kappa shape index (κ2) is 8.97. The van der Waals surface area contributed by atoms with Crippen molar-refractivity contribution < 1.29 is 14.8 Å². The minimum Gasteiger partial charge on any atom is -0.506 e. The van der Waals surface area contributed by atoms with Crippen molar-refractivity contribution in [3.8, 4) is 5.75 Å². The first-order valence-corrected chi connectivity index (χ1v) is 9.70. The van der Waals surface area contributed by atoms with E-state index in [-0.39, 0.29) is 17.1 Å². The minimum atomic E-state index is -0.486. The number of carbonyl (C=O) groups excluding carboxylic acids is 1. The summed E-state index contributed by atoms with van der Waals surface area (Å²) in [5.41, 5.74) is 4.05. The third kappa shape index (κ3) is 5.27. The number of aromatic nitrogens is 2. The zero-order valence-electron chi connectivity index (χ0n) is 14.6. The number of halogens is 2. The van der Waals surface area contributed by atoms with E-state index < -0.39 is 10.8 Å². The number of non-ortho nitro benzene ring substituents is 1. The molecule has 0 atom stereocenters. The molecule has 3 rings (SSSR count). The molecule has 3 aromatic rings. The molecule has 0 fully saturated rings. The molecule has 2 N–H and O–H groups in total. The van der Waals surface area contributed by atoms with Crippen molar-refractivity contribution in [2.45, 2.75) is 6.54 Å². The van der Waals surface area contributed by atoms with Gasteiger partial charge in [0, 0.05) is 18.3 Å². The number of hydrogen-bond acceptors (Lipinski definition) is 6. The van der Waals surface area contributed by atoms with E-state index in [1.165, 1.54) is 18.3 Å². The number of carbonyl (C=O) groups is 1. The Morgan fingerprint density at radius 3 is 2.52 bits per heavy atom. The van der Waals surface area contributed by atoms with Crippen LogP contribution in [-0.4, -0.2) is 31.9 Å². The van der Waals surface area contributed by atoms with E-state index in [1.54, 1.807) is 41.2 Å². The second-order valence-electron chi connectivity index (χ2n) is 5.85. The Hall–Kier alpha value is -3.05. The van der Waals surface area contributed by atoms with E-state index in [0.717, 1.165) is 5.56 Å². The van der Waals surface area contributed by atoms with Gasteiger partial charge in [-0.2, -0.15) is 10.2 Å². The van der Waals surface area contributed by atoms with E-state index in [0.29, 0.717) is 21.1 Å². The van der Waals surface area contributed by atoms with Gasteiger partial charge in [0.25, 0.3) is 11.6 Å². The van der Waals surface area contributed by atoms with E-state index in [2.05, 4.69) is 47.5 Å². The highest BCUT2D eigenvalue weighted by Gasteiger charge is 2.10. The summed E-state index contributed by atoms with van der Waals surface area (Å²) in [5, 5.41) is 28.4. The van der Waals surface area contributed by atoms with Gasteiger partial charge in [-0.15, -0.1) is 0 Å².